The average Bonchev–Trinajstić information content (AvgIpc) is 2.18. The van der Waals surface area contributed by atoms with Gasteiger partial charge in [0.1, 0.15) is 0 Å². The zero-order chi connectivity index (χ0) is 9.26. The van der Waals surface area contributed by atoms with Crippen LogP contribution < -0.4 is 4.74 Å². The molecule has 1 aromatic carbocycles. The quantitative estimate of drug-likeness (QED) is 0.489. The van der Waals surface area contributed by atoms with Crippen LogP contribution in [-0.4, -0.2) is 17.5 Å². The standard InChI is InChI=1S/C9H8FNO2/c10-7-3-1-2-6-8(11-12)4-5-13-9(6)7/h1-3,12H,4-5H2/b11-8+. The summed E-state index contributed by atoms with van der Waals surface area (Å²) >= 11 is 0. The number of benzene rings is 1. The average molecular weight is 181 g/mol. The van der Waals surface area contributed by atoms with E-state index in [1.165, 1.54) is 6.07 Å². The predicted molar refractivity (Wildman–Crippen MR) is 44.8 cm³/mol. The number of fused-ring (bicyclic) bond motifs is 1. The van der Waals surface area contributed by atoms with Crippen molar-refractivity contribution in [2.45, 2.75) is 6.42 Å². The van der Waals surface area contributed by atoms with E-state index in [9.17, 15) is 4.39 Å². The van der Waals surface area contributed by atoms with Gasteiger partial charge in [0.25, 0.3) is 0 Å². The number of halogens is 1. The Bertz CT molecular complexity index is 363. The maximum atomic E-state index is 13.1. The highest BCUT2D eigenvalue weighted by Gasteiger charge is 2.19. The van der Waals surface area contributed by atoms with E-state index in [1.807, 2.05) is 0 Å². The summed E-state index contributed by atoms with van der Waals surface area (Å²) < 4.78 is 18.2. The van der Waals surface area contributed by atoms with E-state index in [0.717, 1.165) is 0 Å². The second kappa shape index (κ2) is 3.05. The van der Waals surface area contributed by atoms with E-state index in [1.54, 1.807) is 12.1 Å². The summed E-state index contributed by atoms with van der Waals surface area (Å²) in [4.78, 5) is 0. The molecule has 68 valence electrons. The van der Waals surface area contributed by atoms with Crippen LogP contribution in [0.5, 0.6) is 5.75 Å². The van der Waals surface area contributed by atoms with E-state index >= 15 is 0 Å². The highest BCUT2D eigenvalue weighted by atomic mass is 19.1. The molecular formula is C9H8FNO2. The van der Waals surface area contributed by atoms with E-state index in [4.69, 9.17) is 9.94 Å². The molecule has 13 heavy (non-hydrogen) atoms. The minimum Gasteiger partial charge on any atom is -0.489 e. The van der Waals surface area contributed by atoms with Crippen molar-refractivity contribution in [2.24, 2.45) is 5.16 Å². The second-order valence-electron chi connectivity index (χ2n) is 2.76. The Morgan fingerprint density at radius 2 is 2.31 bits per heavy atom. The third-order valence-corrected chi connectivity index (χ3v) is 1.98. The number of rotatable bonds is 0. The van der Waals surface area contributed by atoms with Gasteiger partial charge in [0.15, 0.2) is 11.6 Å². The third kappa shape index (κ3) is 1.24. The molecule has 1 aliphatic heterocycles. The van der Waals surface area contributed by atoms with Gasteiger partial charge < -0.3 is 9.94 Å². The van der Waals surface area contributed by atoms with Crippen molar-refractivity contribution in [1.82, 2.24) is 0 Å². The summed E-state index contributed by atoms with van der Waals surface area (Å²) in [6.45, 7) is 0.354. The normalized spacial score (nSPS) is 18.1. The topological polar surface area (TPSA) is 41.8 Å². The molecule has 1 N–H and O–H groups in total. The minimum absolute atomic E-state index is 0.182. The first-order valence-electron chi connectivity index (χ1n) is 3.95. The number of nitrogens with zero attached hydrogens (tertiary/aromatic N) is 1. The fourth-order valence-corrected chi connectivity index (χ4v) is 1.37. The smallest absolute Gasteiger partial charge is 0.165 e. The van der Waals surface area contributed by atoms with Crippen LogP contribution in [0.25, 0.3) is 0 Å². The Morgan fingerprint density at radius 3 is 3.08 bits per heavy atom. The molecule has 1 heterocycles. The lowest BCUT2D eigenvalue weighted by Gasteiger charge is -2.17. The van der Waals surface area contributed by atoms with E-state index in [0.29, 0.717) is 24.3 Å². The van der Waals surface area contributed by atoms with Crippen LogP contribution in [0.15, 0.2) is 23.4 Å². The third-order valence-electron chi connectivity index (χ3n) is 1.98. The Hall–Kier alpha value is -1.58. The fourth-order valence-electron chi connectivity index (χ4n) is 1.37. The lowest BCUT2D eigenvalue weighted by molar-refractivity contribution is 0.289. The first kappa shape index (κ1) is 8.04. The molecule has 0 saturated carbocycles. The Morgan fingerprint density at radius 1 is 1.46 bits per heavy atom. The SMILES string of the molecule is O/N=C1\CCOc2c(F)cccc21. The highest BCUT2D eigenvalue weighted by Crippen LogP contribution is 2.27. The molecule has 0 spiro atoms. The summed E-state index contributed by atoms with van der Waals surface area (Å²) in [5.41, 5.74) is 1.01. The molecule has 0 bridgehead atoms. The monoisotopic (exact) mass is 181 g/mol. The van der Waals surface area contributed by atoms with Crippen LogP contribution in [0, 0.1) is 5.82 Å². The zero-order valence-electron chi connectivity index (χ0n) is 6.83. The molecule has 0 aliphatic carbocycles. The van der Waals surface area contributed by atoms with Crippen LogP contribution in [0.4, 0.5) is 4.39 Å². The summed E-state index contributed by atoms with van der Waals surface area (Å²) in [5.74, 6) is -0.236. The molecule has 2 rings (SSSR count). The van der Waals surface area contributed by atoms with Gasteiger partial charge in [-0.05, 0) is 12.1 Å². The van der Waals surface area contributed by atoms with Gasteiger partial charge in [-0.15, -0.1) is 0 Å². The molecule has 4 heteroatoms. The second-order valence-corrected chi connectivity index (χ2v) is 2.76. The Balaban J connectivity index is 2.58. The van der Waals surface area contributed by atoms with Crippen molar-refractivity contribution in [3.8, 4) is 5.75 Å². The van der Waals surface area contributed by atoms with Crippen molar-refractivity contribution in [3.05, 3.63) is 29.6 Å². The Labute approximate surface area is 74.4 Å². The number of hydrogen-bond acceptors (Lipinski definition) is 3. The fraction of sp³-hybridized carbons (Fsp3) is 0.222. The molecule has 0 radical (unpaired) electrons. The maximum Gasteiger partial charge on any atom is 0.165 e. The lowest BCUT2D eigenvalue weighted by Crippen LogP contribution is -2.17. The van der Waals surface area contributed by atoms with Crippen molar-refractivity contribution >= 4 is 5.71 Å². The molecule has 0 unspecified atom stereocenters. The van der Waals surface area contributed by atoms with Gasteiger partial charge >= 0.3 is 0 Å². The largest absolute Gasteiger partial charge is 0.489 e. The first-order chi connectivity index (χ1) is 6.33. The molecule has 0 atom stereocenters. The Kier molecular flexibility index (Phi) is 1.88. The van der Waals surface area contributed by atoms with E-state index < -0.39 is 5.82 Å². The summed E-state index contributed by atoms with van der Waals surface area (Å²) in [7, 11) is 0. The molecule has 0 fully saturated rings. The van der Waals surface area contributed by atoms with Gasteiger partial charge in [-0.3, -0.25) is 0 Å². The van der Waals surface area contributed by atoms with Gasteiger partial charge in [-0.1, -0.05) is 11.2 Å². The molecule has 0 amide bonds. The van der Waals surface area contributed by atoms with Gasteiger partial charge in [-0.2, -0.15) is 0 Å². The molecule has 3 nitrogen and oxygen atoms in total. The van der Waals surface area contributed by atoms with Crippen LogP contribution >= 0.6 is 0 Å². The van der Waals surface area contributed by atoms with Crippen molar-refractivity contribution in [2.75, 3.05) is 6.61 Å². The van der Waals surface area contributed by atoms with Gasteiger partial charge in [0.05, 0.1) is 12.3 Å². The molecule has 0 saturated heterocycles. The van der Waals surface area contributed by atoms with Crippen molar-refractivity contribution in [3.63, 3.8) is 0 Å². The van der Waals surface area contributed by atoms with Crippen LogP contribution in [-0.2, 0) is 0 Å². The van der Waals surface area contributed by atoms with Gasteiger partial charge in [-0.25, -0.2) is 4.39 Å². The molecule has 1 aromatic rings. The van der Waals surface area contributed by atoms with Crippen LogP contribution in [0.1, 0.15) is 12.0 Å². The van der Waals surface area contributed by atoms with E-state index in [2.05, 4.69) is 5.16 Å². The molecular weight excluding hydrogens is 173 g/mol. The number of para-hydroxylation sites is 1. The number of hydrogen-bond donors (Lipinski definition) is 1. The molecule has 0 aromatic heterocycles. The molecule has 1 aliphatic rings. The number of ether oxygens (including phenoxy) is 1. The van der Waals surface area contributed by atoms with Crippen molar-refractivity contribution in [1.29, 1.82) is 0 Å². The summed E-state index contributed by atoms with van der Waals surface area (Å²) in [6.07, 6.45) is 0.507. The van der Waals surface area contributed by atoms with Gasteiger partial charge in [0, 0.05) is 12.0 Å². The van der Waals surface area contributed by atoms with E-state index in [-0.39, 0.29) is 5.75 Å². The van der Waals surface area contributed by atoms with Gasteiger partial charge in [0.2, 0.25) is 0 Å². The zero-order valence-corrected chi connectivity index (χ0v) is 6.83. The predicted octanol–water partition coefficient (Wildman–Crippen LogP) is 1.79. The lowest BCUT2D eigenvalue weighted by atomic mass is 10.0. The maximum absolute atomic E-state index is 13.1. The van der Waals surface area contributed by atoms with Crippen molar-refractivity contribution < 1.29 is 14.3 Å². The summed E-state index contributed by atoms with van der Waals surface area (Å²) in [6, 6.07) is 4.56. The summed E-state index contributed by atoms with van der Waals surface area (Å²) in [5, 5.41) is 11.7. The highest BCUT2D eigenvalue weighted by molar-refractivity contribution is 6.03. The van der Waals surface area contributed by atoms with Crippen LogP contribution in [0.3, 0.4) is 0 Å². The first-order valence-corrected chi connectivity index (χ1v) is 3.95. The number of oxime groups is 1. The minimum atomic E-state index is -0.418. The van der Waals surface area contributed by atoms with Crippen LogP contribution in [0.2, 0.25) is 0 Å².